The minimum absolute atomic E-state index is 0.00136. The van der Waals surface area contributed by atoms with Crippen molar-refractivity contribution in [3.05, 3.63) is 29.8 Å². The maximum atomic E-state index is 13.0. The minimum Gasteiger partial charge on any atom is -0.469 e. The van der Waals surface area contributed by atoms with Crippen molar-refractivity contribution in [1.29, 1.82) is 0 Å². The van der Waals surface area contributed by atoms with Gasteiger partial charge in [-0.3, -0.25) is 4.79 Å². The van der Waals surface area contributed by atoms with Crippen molar-refractivity contribution in [2.75, 3.05) is 32.6 Å². The van der Waals surface area contributed by atoms with Gasteiger partial charge in [-0.25, -0.2) is 0 Å². The number of piperidine rings is 1. The molecule has 2 aliphatic carbocycles. The van der Waals surface area contributed by atoms with E-state index in [-0.39, 0.29) is 28.3 Å². The second-order valence-electron chi connectivity index (χ2n) is 9.93. The van der Waals surface area contributed by atoms with Crippen LogP contribution in [0.2, 0.25) is 0 Å². The predicted octanol–water partition coefficient (Wildman–Crippen LogP) is 2.93. The zero-order valence-electron chi connectivity index (χ0n) is 16.0. The molecule has 3 heterocycles. The van der Waals surface area contributed by atoms with Crippen molar-refractivity contribution in [3.63, 3.8) is 0 Å². The zero-order chi connectivity index (χ0) is 17.9. The average molecular weight is 353 g/mol. The molecule has 1 N–H and O–H groups in total. The lowest BCUT2D eigenvalue weighted by Crippen LogP contribution is -2.67. The van der Waals surface area contributed by atoms with E-state index in [1.807, 2.05) is 0 Å². The van der Waals surface area contributed by atoms with Crippen LogP contribution in [0.3, 0.4) is 0 Å². The Kier molecular flexibility index (Phi) is 2.56. The zero-order valence-corrected chi connectivity index (χ0v) is 16.0. The number of carbonyl (C=O) groups is 1. The van der Waals surface area contributed by atoms with Crippen LogP contribution in [0.1, 0.15) is 38.2 Å². The molecule has 0 amide bonds. The van der Waals surface area contributed by atoms with Crippen molar-refractivity contribution >= 4 is 11.7 Å². The number of nitrogens with one attached hydrogen (secondary N) is 1. The molecule has 138 valence electrons. The van der Waals surface area contributed by atoms with E-state index in [1.165, 1.54) is 48.1 Å². The number of ether oxygens (including phenoxy) is 1. The molecule has 0 radical (unpaired) electrons. The van der Waals surface area contributed by atoms with Gasteiger partial charge in [0.15, 0.2) is 0 Å². The lowest BCUT2D eigenvalue weighted by Gasteiger charge is -2.54. The smallest absolute Gasteiger partial charge is 0.311 e. The number of carbonyl (C=O) groups excluding carboxylic acids is 1. The van der Waals surface area contributed by atoms with Gasteiger partial charge in [-0.05, 0) is 36.8 Å². The number of nitrogens with zero attached hydrogens (tertiary/aromatic N) is 1. The molecule has 1 aromatic rings. The molecule has 0 aromatic heterocycles. The van der Waals surface area contributed by atoms with Gasteiger partial charge in [-0.15, -0.1) is 0 Å². The molecule has 3 aliphatic heterocycles. The summed E-state index contributed by atoms with van der Waals surface area (Å²) in [5, 5.41) is 3.99. The average Bonchev–Trinajstić information content (AvgIpc) is 3.27. The van der Waals surface area contributed by atoms with Crippen LogP contribution in [0.5, 0.6) is 0 Å². The Morgan fingerprint density at radius 1 is 1.27 bits per heavy atom. The van der Waals surface area contributed by atoms with Crippen molar-refractivity contribution in [2.24, 2.45) is 17.3 Å². The third-order valence-electron chi connectivity index (χ3n) is 9.62. The van der Waals surface area contributed by atoms with Crippen molar-refractivity contribution in [3.8, 4) is 0 Å². The number of anilines is 1. The Morgan fingerprint density at radius 3 is 2.88 bits per heavy atom. The van der Waals surface area contributed by atoms with E-state index in [0.29, 0.717) is 12.0 Å². The van der Waals surface area contributed by atoms with Crippen molar-refractivity contribution in [2.45, 2.75) is 49.6 Å². The highest BCUT2D eigenvalue weighted by molar-refractivity contribution is 5.82. The normalized spacial score (nSPS) is 52.2. The Labute approximate surface area is 155 Å². The summed E-state index contributed by atoms with van der Waals surface area (Å²) in [6.45, 7) is 4.98. The molecule has 4 fully saturated rings. The summed E-state index contributed by atoms with van der Waals surface area (Å²) in [4.78, 5) is 13.0. The maximum Gasteiger partial charge on any atom is 0.311 e. The van der Waals surface area contributed by atoms with Crippen LogP contribution in [0.4, 0.5) is 5.69 Å². The first-order valence-electron chi connectivity index (χ1n) is 10.3. The summed E-state index contributed by atoms with van der Waals surface area (Å²) in [6, 6.07) is 9.52. The van der Waals surface area contributed by atoms with Gasteiger partial charge in [-0.1, -0.05) is 25.1 Å². The molecule has 6 rings (SSSR count). The first-order valence-corrected chi connectivity index (χ1v) is 10.3. The molecule has 0 unspecified atom stereocenters. The van der Waals surface area contributed by atoms with E-state index in [2.05, 4.69) is 43.6 Å². The number of hydrogen-bond donors (Lipinski definition) is 1. The van der Waals surface area contributed by atoms with Gasteiger partial charge < -0.3 is 14.5 Å². The fourth-order valence-corrected chi connectivity index (χ4v) is 9.19. The van der Waals surface area contributed by atoms with Gasteiger partial charge in [0.1, 0.15) is 6.04 Å². The fraction of sp³-hybridized carbons (Fsp3) is 0.682. The molecule has 2 saturated heterocycles. The summed E-state index contributed by atoms with van der Waals surface area (Å²) in [6.07, 6.45) is 4.76. The Balaban J connectivity index is 1.69. The van der Waals surface area contributed by atoms with Gasteiger partial charge in [0, 0.05) is 17.5 Å². The SMILES string of the molecule is COC(=O)[C@@H]1C[C@@]23CCC[N@@+]4(C)CC[C@@]5(c6ccccc6N[C@@]15[C@H]2C)[C@H]34. The minimum atomic E-state index is -0.172. The summed E-state index contributed by atoms with van der Waals surface area (Å²) in [5.41, 5.74) is 2.92. The number of methoxy groups -OCH3 is 1. The number of benzene rings is 1. The molecule has 4 nitrogen and oxygen atoms in total. The van der Waals surface area contributed by atoms with Gasteiger partial charge in [-0.2, -0.15) is 0 Å². The highest BCUT2D eigenvalue weighted by Gasteiger charge is 2.89. The quantitative estimate of drug-likeness (QED) is 0.623. The van der Waals surface area contributed by atoms with E-state index < -0.39 is 0 Å². The summed E-state index contributed by atoms with van der Waals surface area (Å²) in [7, 11) is 4.06. The van der Waals surface area contributed by atoms with Gasteiger partial charge >= 0.3 is 5.97 Å². The Morgan fingerprint density at radius 2 is 2.08 bits per heavy atom. The van der Waals surface area contributed by atoms with E-state index in [4.69, 9.17) is 4.74 Å². The fourth-order valence-electron chi connectivity index (χ4n) is 9.19. The standard InChI is InChI=1S/C22H29N2O2/c1-14-20-9-6-11-24(2)12-10-21(19(20)24)15-7-4-5-8-17(15)23-22(14,21)16(13-20)18(25)26-3/h4-5,7-8,14,16,19,23H,6,9-13H2,1-3H3/q+1/t14-,16-,19-,20-,21+,22-,24-/m0/s1. The molecule has 7 atom stereocenters. The van der Waals surface area contributed by atoms with Gasteiger partial charge in [0.05, 0.1) is 44.1 Å². The number of hydrogen-bond acceptors (Lipinski definition) is 3. The lowest BCUT2D eigenvalue weighted by atomic mass is 9.56. The molecule has 4 heteroatoms. The second-order valence-corrected chi connectivity index (χ2v) is 9.93. The van der Waals surface area contributed by atoms with Gasteiger partial charge in [0.2, 0.25) is 0 Å². The molecular formula is C22H29N2O2+. The largest absolute Gasteiger partial charge is 0.469 e. The molecular weight excluding hydrogens is 324 g/mol. The molecule has 2 saturated carbocycles. The van der Waals surface area contributed by atoms with Crippen LogP contribution >= 0.6 is 0 Å². The summed E-state index contributed by atoms with van der Waals surface area (Å²) >= 11 is 0. The highest BCUT2D eigenvalue weighted by Crippen LogP contribution is 2.80. The van der Waals surface area contributed by atoms with Crippen molar-refractivity contribution < 1.29 is 14.0 Å². The van der Waals surface area contributed by atoms with E-state index in [1.54, 1.807) is 7.11 Å². The number of esters is 1. The monoisotopic (exact) mass is 353 g/mol. The molecule has 5 aliphatic rings. The van der Waals surface area contributed by atoms with Crippen LogP contribution in [0.25, 0.3) is 0 Å². The maximum absolute atomic E-state index is 13.0. The topological polar surface area (TPSA) is 38.3 Å². The highest BCUT2D eigenvalue weighted by atomic mass is 16.5. The van der Waals surface area contributed by atoms with Crippen LogP contribution < -0.4 is 5.32 Å². The van der Waals surface area contributed by atoms with Crippen molar-refractivity contribution in [1.82, 2.24) is 0 Å². The third-order valence-corrected chi connectivity index (χ3v) is 9.62. The van der Waals surface area contributed by atoms with Crippen LogP contribution in [-0.4, -0.2) is 49.3 Å². The number of likely N-dealkylation sites (N-methyl/N-ethyl adjacent to an activating group) is 1. The van der Waals surface area contributed by atoms with Crippen LogP contribution in [0.15, 0.2) is 24.3 Å². The number of quaternary nitrogens is 1. The third kappa shape index (κ3) is 1.24. The Bertz CT molecular complexity index is 839. The number of rotatable bonds is 1. The Hall–Kier alpha value is -1.55. The van der Waals surface area contributed by atoms with Gasteiger partial charge in [0.25, 0.3) is 0 Å². The number of fused-ring (bicyclic) bond motifs is 1. The summed E-state index contributed by atoms with van der Waals surface area (Å²) < 4.78 is 6.56. The predicted molar refractivity (Wildman–Crippen MR) is 99.8 cm³/mol. The number of para-hydroxylation sites is 1. The lowest BCUT2D eigenvalue weighted by molar-refractivity contribution is -0.936. The second kappa shape index (κ2) is 4.30. The molecule has 1 aromatic carbocycles. The summed E-state index contributed by atoms with van der Waals surface area (Å²) in [5.74, 6) is 0.462. The van der Waals surface area contributed by atoms with Crippen LogP contribution in [-0.2, 0) is 14.9 Å². The first kappa shape index (κ1) is 15.5. The van der Waals surface area contributed by atoms with E-state index in [9.17, 15) is 4.79 Å². The first-order chi connectivity index (χ1) is 12.5. The molecule has 3 spiro atoms. The van der Waals surface area contributed by atoms with E-state index in [0.717, 1.165) is 6.42 Å². The molecule has 2 bridgehead atoms. The van der Waals surface area contributed by atoms with Crippen LogP contribution in [0, 0.1) is 17.3 Å². The molecule has 26 heavy (non-hydrogen) atoms. The van der Waals surface area contributed by atoms with E-state index >= 15 is 0 Å².